The number of carbonyl (C=O) groups excluding carboxylic acids is 1. The molecule has 1 atom stereocenters. The van der Waals surface area contributed by atoms with Crippen LogP contribution in [0, 0.1) is 0 Å². The fourth-order valence-electron chi connectivity index (χ4n) is 2.36. The van der Waals surface area contributed by atoms with Gasteiger partial charge in [0.25, 0.3) is 0 Å². The zero-order chi connectivity index (χ0) is 17.6. The first-order valence-electron chi connectivity index (χ1n) is 7.19. The summed E-state index contributed by atoms with van der Waals surface area (Å²) in [5.41, 5.74) is 0.853. The third-order valence-corrected chi connectivity index (χ3v) is 5.91. The van der Waals surface area contributed by atoms with E-state index in [4.69, 9.17) is 25.1 Å². The maximum Gasteiger partial charge on any atom is 0.360 e. The molecule has 0 radical (unpaired) electrons. The summed E-state index contributed by atoms with van der Waals surface area (Å²) in [7, 11) is -1.15. The van der Waals surface area contributed by atoms with Gasteiger partial charge in [0.05, 0.1) is 6.26 Å². The second kappa shape index (κ2) is 8.49. The summed E-state index contributed by atoms with van der Waals surface area (Å²) < 4.78 is 28.7. The summed E-state index contributed by atoms with van der Waals surface area (Å²) in [6, 6.07) is 12.6. The van der Waals surface area contributed by atoms with Crippen molar-refractivity contribution in [2.24, 2.45) is 0 Å². The third kappa shape index (κ3) is 4.08. The molecule has 0 aliphatic rings. The molecule has 130 valence electrons. The molecule has 0 fully saturated rings. The van der Waals surface area contributed by atoms with Crippen molar-refractivity contribution < 1.29 is 22.8 Å². The molecule has 0 N–H and O–H groups in total. The van der Waals surface area contributed by atoms with Crippen molar-refractivity contribution >= 4 is 25.1 Å². The Kier molecular flexibility index (Phi) is 6.63. The van der Waals surface area contributed by atoms with Crippen LogP contribution >= 0.6 is 19.2 Å². The molecule has 1 unspecified atom stereocenters. The summed E-state index contributed by atoms with van der Waals surface area (Å²) in [6.07, 6.45) is 1.43. The van der Waals surface area contributed by atoms with Crippen molar-refractivity contribution in [1.29, 1.82) is 0 Å². The van der Waals surface area contributed by atoms with Gasteiger partial charge in [-0.1, -0.05) is 30.3 Å². The average molecular weight is 372 g/mol. The number of carbonyl (C=O) groups is 1. The molecule has 0 aliphatic heterocycles. The van der Waals surface area contributed by atoms with Gasteiger partial charge in [0.1, 0.15) is 11.6 Å². The lowest BCUT2D eigenvalue weighted by atomic mass is 10.2. The smallest absolute Gasteiger partial charge is 0.360 e. The number of amides is 1. The van der Waals surface area contributed by atoms with E-state index in [0.29, 0.717) is 5.76 Å². The number of halogens is 1. The zero-order valence-electron chi connectivity index (χ0n) is 13.4. The van der Waals surface area contributed by atoms with Crippen LogP contribution in [0.4, 0.5) is 0 Å². The van der Waals surface area contributed by atoms with E-state index in [2.05, 4.69) is 0 Å². The Labute approximate surface area is 145 Å². The molecule has 0 spiro atoms. The SMILES string of the molecule is COP(=O)(OC)C(c1ccco1)N(Cc1ccccc1)C(=O)CCl. The van der Waals surface area contributed by atoms with Crippen LogP contribution in [0.3, 0.4) is 0 Å². The van der Waals surface area contributed by atoms with Crippen LogP contribution in [0.5, 0.6) is 0 Å². The maximum absolute atomic E-state index is 13.1. The average Bonchev–Trinajstić information content (AvgIpc) is 3.15. The molecule has 1 amide bonds. The molecule has 1 aromatic heterocycles. The summed E-state index contributed by atoms with van der Waals surface area (Å²) in [4.78, 5) is 13.8. The van der Waals surface area contributed by atoms with Gasteiger partial charge >= 0.3 is 7.60 Å². The standard InChI is InChI=1S/C16H19ClNO5P/c1-21-24(20,22-2)16(14-9-6-10-23-14)18(15(19)11-17)12-13-7-4-3-5-8-13/h3-10,16H,11-12H2,1-2H3. The van der Waals surface area contributed by atoms with Gasteiger partial charge in [0, 0.05) is 20.8 Å². The number of nitrogens with zero attached hydrogens (tertiary/aromatic N) is 1. The monoisotopic (exact) mass is 371 g/mol. The summed E-state index contributed by atoms with van der Waals surface area (Å²) >= 11 is 5.76. The van der Waals surface area contributed by atoms with Gasteiger partial charge in [-0.05, 0) is 17.7 Å². The molecule has 24 heavy (non-hydrogen) atoms. The fourth-order valence-corrected chi connectivity index (χ4v) is 4.07. The lowest BCUT2D eigenvalue weighted by molar-refractivity contribution is -0.130. The normalized spacial score (nSPS) is 12.8. The number of furan rings is 1. The van der Waals surface area contributed by atoms with Gasteiger partial charge in [0.2, 0.25) is 5.91 Å². The Morgan fingerprint density at radius 3 is 2.38 bits per heavy atom. The Balaban J connectivity index is 2.48. The first-order valence-corrected chi connectivity index (χ1v) is 9.34. The van der Waals surface area contributed by atoms with E-state index in [1.165, 1.54) is 25.4 Å². The highest BCUT2D eigenvalue weighted by atomic mass is 35.5. The number of rotatable bonds is 8. The van der Waals surface area contributed by atoms with Gasteiger partial charge in [-0.2, -0.15) is 0 Å². The van der Waals surface area contributed by atoms with Gasteiger partial charge in [-0.15, -0.1) is 11.6 Å². The predicted octanol–water partition coefficient (Wildman–Crippen LogP) is 4.03. The molecule has 2 rings (SSSR count). The molecule has 1 aromatic carbocycles. The minimum atomic E-state index is -3.69. The van der Waals surface area contributed by atoms with Crippen LogP contribution in [-0.2, 0) is 25.0 Å². The lowest BCUT2D eigenvalue weighted by Gasteiger charge is -2.33. The molecule has 0 saturated heterocycles. The van der Waals surface area contributed by atoms with E-state index in [0.717, 1.165) is 5.56 Å². The topological polar surface area (TPSA) is 69.0 Å². The minimum Gasteiger partial charge on any atom is -0.466 e. The van der Waals surface area contributed by atoms with Crippen LogP contribution in [-0.4, -0.2) is 30.9 Å². The number of alkyl halides is 1. The number of benzene rings is 1. The Bertz CT molecular complexity index is 684. The molecule has 0 aliphatic carbocycles. The molecule has 8 heteroatoms. The third-order valence-electron chi connectivity index (χ3n) is 3.53. The molecule has 1 heterocycles. The van der Waals surface area contributed by atoms with Gasteiger partial charge < -0.3 is 18.4 Å². The predicted molar refractivity (Wildman–Crippen MR) is 90.8 cm³/mol. The van der Waals surface area contributed by atoms with Crippen molar-refractivity contribution in [3.63, 3.8) is 0 Å². The molecule has 6 nitrogen and oxygen atoms in total. The summed E-state index contributed by atoms with van der Waals surface area (Å²) in [5, 5.41) is 0. The first-order chi connectivity index (χ1) is 11.6. The van der Waals surface area contributed by atoms with E-state index in [-0.39, 0.29) is 12.4 Å². The quantitative estimate of drug-likeness (QED) is 0.517. The van der Waals surface area contributed by atoms with E-state index in [1.54, 1.807) is 12.1 Å². The number of hydrogen-bond acceptors (Lipinski definition) is 5. The van der Waals surface area contributed by atoms with Gasteiger partial charge in [-0.3, -0.25) is 9.36 Å². The summed E-state index contributed by atoms with van der Waals surface area (Å²) in [6.45, 7) is 0.189. The van der Waals surface area contributed by atoms with Crippen molar-refractivity contribution in [2.45, 2.75) is 12.3 Å². The highest BCUT2D eigenvalue weighted by Gasteiger charge is 2.44. The van der Waals surface area contributed by atoms with Crippen molar-refractivity contribution in [3.8, 4) is 0 Å². The van der Waals surface area contributed by atoms with Crippen LogP contribution in [0.25, 0.3) is 0 Å². The highest BCUT2D eigenvalue weighted by molar-refractivity contribution is 7.54. The fraction of sp³-hybridized carbons (Fsp3) is 0.312. The molecular formula is C16H19ClNO5P. The van der Waals surface area contributed by atoms with E-state index in [1.807, 2.05) is 30.3 Å². The van der Waals surface area contributed by atoms with Gasteiger partial charge in [0.15, 0.2) is 5.78 Å². The maximum atomic E-state index is 13.1. The number of hydrogen-bond donors (Lipinski definition) is 0. The molecule has 0 bridgehead atoms. The van der Waals surface area contributed by atoms with Crippen molar-refractivity contribution in [3.05, 3.63) is 60.1 Å². The van der Waals surface area contributed by atoms with Crippen molar-refractivity contribution in [1.82, 2.24) is 4.90 Å². The molecular weight excluding hydrogens is 353 g/mol. The zero-order valence-corrected chi connectivity index (χ0v) is 15.1. The molecule has 2 aromatic rings. The van der Waals surface area contributed by atoms with Gasteiger partial charge in [-0.25, -0.2) is 0 Å². The lowest BCUT2D eigenvalue weighted by Crippen LogP contribution is -2.35. The Hall–Kier alpha value is -1.59. The first kappa shape index (κ1) is 18.7. The largest absolute Gasteiger partial charge is 0.466 e. The van der Waals surface area contributed by atoms with E-state index < -0.39 is 19.3 Å². The minimum absolute atomic E-state index is 0.189. The van der Waals surface area contributed by atoms with Crippen molar-refractivity contribution in [2.75, 3.05) is 20.1 Å². The molecule has 0 saturated carbocycles. The van der Waals surface area contributed by atoms with Crippen LogP contribution in [0.15, 0.2) is 53.1 Å². The van der Waals surface area contributed by atoms with Crippen LogP contribution in [0.2, 0.25) is 0 Å². The van der Waals surface area contributed by atoms with E-state index in [9.17, 15) is 9.36 Å². The second-order valence-corrected chi connectivity index (χ2v) is 7.50. The summed E-state index contributed by atoms with van der Waals surface area (Å²) in [5.74, 6) is -1.40. The Morgan fingerprint density at radius 2 is 1.88 bits per heavy atom. The van der Waals surface area contributed by atoms with Crippen LogP contribution < -0.4 is 0 Å². The van der Waals surface area contributed by atoms with E-state index >= 15 is 0 Å². The van der Waals surface area contributed by atoms with Crippen LogP contribution in [0.1, 0.15) is 17.1 Å². The second-order valence-electron chi connectivity index (χ2n) is 4.93. The Morgan fingerprint density at radius 1 is 1.21 bits per heavy atom. The highest BCUT2D eigenvalue weighted by Crippen LogP contribution is 2.61.